The van der Waals surface area contributed by atoms with E-state index in [0.29, 0.717) is 18.9 Å². The van der Waals surface area contributed by atoms with Gasteiger partial charge in [-0.1, -0.05) is 50.1 Å². The van der Waals surface area contributed by atoms with Gasteiger partial charge in [0.1, 0.15) is 11.9 Å². The number of ether oxygens (including phenoxy) is 1. The number of rotatable bonds is 5. The number of hydrogen-bond acceptors (Lipinski definition) is 4. The van der Waals surface area contributed by atoms with Crippen LogP contribution in [0.2, 0.25) is 0 Å². The van der Waals surface area contributed by atoms with Gasteiger partial charge in [-0.25, -0.2) is 0 Å². The van der Waals surface area contributed by atoms with Crippen LogP contribution in [0.4, 0.5) is 0 Å². The molecule has 7 rings (SSSR count). The van der Waals surface area contributed by atoms with Crippen LogP contribution < -0.4 is 4.74 Å². The highest BCUT2D eigenvalue weighted by atomic mass is 16.5. The van der Waals surface area contributed by atoms with Gasteiger partial charge < -0.3 is 14.7 Å². The summed E-state index contributed by atoms with van der Waals surface area (Å²) in [6.45, 7) is 7.01. The Morgan fingerprint density at radius 2 is 1.95 bits per heavy atom. The van der Waals surface area contributed by atoms with Gasteiger partial charge in [-0.15, -0.1) is 0 Å². The second-order valence-corrected chi connectivity index (χ2v) is 12.7. The third-order valence-corrected chi connectivity index (χ3v) is 9.94. The Labute approximate surface area is 226 Å². The summed E-state index contributed by atoms with van der Waals surface area (Å²) in [5.74, 6) is 7.89. The van der Waals surface area contributed by atoms with Gasteiger partial charge in [-0.05, 0) is 80.7 Å². The Balaban J connectivity index is 1.28. The summed E-state index contributed by atoms with van der Waals surface area (Å²) in [7, 11) is 0. The SMILES string of the molecule is CC(C)CN(C(=O)C#Cc1ccccc1)[C@@H]1CC[C@@]2(O)[C@H]3Cc4cccc5c4[C@@]2(CCN3CC2CC2)[C@H]1O5. The van der Waals surface area contributed by atoms with Gasteiger partial charge in [0.2, 0.25) is 0 Å². The Kier molecular flexibility index (Phi) is 5.65. The quantitative estimate of drug-likeness (QED) is 0.614. The molecule has 2 aromatic rings. The molecule has 1 spiro atoms. The minimum absolute atomic E-state index is 0.108. The maximum absolute atomic E-state index is 13.7. The first kappa shape index (κ1) is 24.2. The van der Waals surface area contributed by atoms with Crippen molar-refractivity contribution in [1.82, 2.24) is 9.80 Å². The van der Waals surface area contributed by atoms with E-state index in [4.69, 9.17) is 4.74 Å². The zero-order valence-corrected chi connectivity index (χ0v) is 22.5. The Hall–Kier alpha value is -2.81. The molecule has 38 heavy (non-hydrogen) atoms. The van der Waals surface area contributed by atoms with Crippen molar-refractivity contribution < 1.29 is 14.6 Å². The van der Waals surface area contributed by atoms with Crippen LogP contribution in [0.15, 0.2) is 48.5 Å². The molecule has 2 aromatic carbocycles. The molecule has 1 N–H and O–H groups in total. The molecule has 5 heteroatoms. The van der Waals surface area contributed by atoms with Crippen molar-refractivity contribution in [2.24, 2.45) is 11.8 Å². The van der Waals surface area contributed by atoms with Gasteiger partial charge in [0.05, 0.1) is 17.1 Å². The van der Waals surface area contributed by atoms with E-state index in [1.54, 1.807) is 0 Å². The lowest BCUT2D eigenvalue weighted by molar-refractivity contribution is -0.201. The fraction of sp³-hybridized carbons (Fsp3) is 0.545. The minimum atomic E-state index is -0.844. The average molecular weight is 511 g/mol. The first-order chi connectivity index (χ1) is 18.4. The van der Waals surface area contributed by atoms with Crippen molar-refractivity contribution >= 4 is 5.91 Å². The average Bonchev–Trinajstić information content (AvgIpc) is 3.66. The summed E-state index contributed by atoms with van der Waals surface area (Å²) in [4.78, 5) is 18.3. The van der Waals surface area contributed by atoms with E-state index in [-0.39, 0.29) is 24.1 Å². The number of likely N-dealkylation sites (tertiary alicyclic amines) is 1. The Bertz CT molecular complexity index is 1310. The number of amides is 1. The molecular formula is C33H38N2O3. The molecule has 5 nitrogen and oxygen atoms in total. The maximum Gasteiger partial charge on any atom is 0.299 e. The van der Waals surface area contributed by atoms with E-state index in [2.05, 4.69) is 48.8 Å². The minimum Gasteiger partial charge on any atom is -0.487 e. The monoisotopic (exact) mass is 510 g/mol. The second-order valence-electron chi connectivity index (χ2n) is 12.7. The van der Waals surface area contributed by atoms with E-state index < -0.39 is 11.0 Å². The topological polar surface area (TPSA) is 53.0 Å². The predicted molar refractivity (Wildman–Crippen MR) is 147 cm³/mol. The predicted octanol–water partition coefficient (Wildman–Crippen LogP) is 4.16. The molecule has 2 heterocycles. The van der Waals surface area contributed by atoms with Crippen molar-refractivity contribution in [2.75, 3.05) is 19.6 Å². The molecule has 0 aromatic heterocycles. The van der Waals surface area contributed by atoms with Crippen LogP contribution in [-0.2, 0) is 16.6 Å². The van der Waals surface area contributed by atoms with Crippen LogP contribution in [0.1, 0.15) is 62.6 Å². The lowest BCUT2D eigenvalue weighted by atomic mass is 9.48. The Morgan fingerprint density at radius 1 is 1.13 bits per heavy atom. The molecular weight excluding hydrogens is 472 g/mol. The highest BCUT2D eigenvalue weighted by molar-refractivity contribution is 5.94. The van der Waals surface area contributed by atoms with Crippen LogP contribution in [-0.4, -0.2) is 64.2 Å². The number of piperidine rings is 1. The van der Waals surface area contributed by atoms with Crippen LogP contribution in [0, 0.1) is 23.7 Å². The molecule has 0 unspecified atom stereocenters. The van der Waals surface area contributed by atoms with Crippen molar-refractivity contribution in [3.8, 4) is 17.6 Å². The van der Waals surface area contributed by atoms with Crippen LogP contribution in [0.25, 0.3) is 0 Å². The summed E-state index contributed by atoms with van der Waals surface area (Å²) in [6, 6.07) is 16.1. The van der Waals surface area contributed by atoms with Crippen LogP contribution in [0.3, 0.4) is 0 Å². The second kappa shape index (κ2) is 8.86. The summed E-state index contributed by atoms with van der Waals surface area (Å²) in [5.41, 5.74) is 2.07. The standard InChI is InChI=1S/C33H38N2O3/c1-22(2)20-35(29(36)14-13-23-7-4-3-5-8-23)26-15-16-33(37)28-19-25-9-6-10-27-30(25)32(33,31(26)38-27)17-18-34(28)21-24-11-12-24/h3-10,22,24,26,28,31,37H,11-12,15-21H2,1-2H3/t26-,28-,31+,32+,33-/m1/s1. The van der Waals surface area contributed by atoms with Gasteiger partial charge in [-0.2, -0.15) is 0 Å². The fourth-order valence-corrected chi connectivity index (χ4v) is 8.23. The summed E-state index contributed by atoms with van der Waals surface area (Å²) in [6.07, 6.45) is 5.54. The summed E-state index contributed by atoms with van der Waals surface area (Å²) < 4.78 is 6.84. The fourth-order valence-electron chi connectivity index (χ4n) is 8.23. The highest BCUT2D eigenvalue weighted by Gasteiger charge is 2.73. The molecule has 5 aliphatic rings. The zero-order valence-electron chi connectivity index (χ0n) is 22.5. The smallest absolute Gasteiger partial charge is 0.299 e. The van der Waals surface area contributed by atoms with Crippen LogP contribution in [0.5, 0.6) is 5.75 Å². The summed E-state index contributed by atoms with van der Waals surface area (Å²) in [5, 5.41) is 12.7. The Morgan fingerprint density at radius 3 is 2.71 bits per heavy atom. The molecule has 1 amide bonds. The lowest BCUT2D eigenvalue weighted by Crippen LogP contribution is -2.78. The molecule has 2 saturated carbocycles. The third-order valence-electron chi connectivity index (χ3n) is 9.94. The van der Waals surface area contributed by atoms with E-state index in [9.17, 15) is 9.90 Å². The number of hydrogen-bond donors (Lipinski definition) is 1. The van der Waals surface area contributed by atoms with Crippen molar-refractivity contribution in [3.63, 3.8) is 0 Å². The maximum atomic E-state index is 13.7. The third kappa shape index (κ3) is 3.57. The molecule has 1 saturated heterocycles. The van der Waals surface area contributed by atoms with E-state index in [1.165, 1.54) is 24.0 Å². The van der Waals surface area contributed by atoms with Crippen LogP contribution >= 0.6 is 0 Å². The number of carbonyl (C=O) groups excluding carboxylic acids is 1. The zero-order chi connectivity index (χ0) is 26.1. The van der Waals surface area contributed by atoms with E-state index in [1.807, 2.05) is 35.2 Å². The number of nitrogens with zero attached hydrogens (tertiary/aromatic N) is 2. The molecule has 0 radical (unpaired) electrons. The van der Waals surface area contributed by atoms with Crippen molar-refractivity contribution in [1.29, 1.82) is 0 Å². The molecule has 3 fully saturated rings. The first-order valence-electron chi connectivity index (χ1n) is 14.5. The van der Waals surface area contributed by atoms with E-state index in [0.717, 1.165) is 49.6 Å². The molecule has 2 aliphatic heterocycles. The van der Waals surface area contributed by atoms with Crippen molar-refractivity contribution in [3.05, 3.63) is 65.2 Å². The summed E-state index contributed by atoms with van der Waals surface area (Å²) >= 11 is 0. The number of aliphatic hydroxyl groups is 1. The van der Waals surface area contributed by atoms with Gasteiger partial charge in [0, 0.05) is 36.2 Å². The molecule has 2 bridgehead atoms. The van der Waals surface area contributed by atoms with Gasteiger partial charge in [0.25, 0.3) is 5.91 Å². The highest BCUT2D eigenvalue weighted by Crippen LogP contribution is 2.64. The number of carbonyl (C=O) groups is 1. The van der Waals surface area contributed by atoms with E-state index >= 15 is 0 Å². The molecule has 5 atom stereocenters. The van der Waals surface area contributed by atoms with Gasteiger partial charge >= 0.3 is 0 Å². The normalized spacial score (nSPS) is 32.7. The lowest BCUT2D eigenvalue weighted by Gasteiger charge is -2.65. The van der Waals surface area contributed by atoms with Crippen molar-refractivity contribution in [2.45, 2.75) is 81.6 Å². The molecule has 3 aliphatic carbocycles. The van der Waals surface area contributed by atoms with Gasteiger partial charge in [-0.3, -0.25) is 9.69 Å². The number of benzene rings is 2. The molecule has 198 valence electrons. The van der Waals surface area contributed by atoms with Gasteiger partial charge in [0.15, 0.2) is 0 Å². The first-order valence-corrected chi connectivity index (χ1v) is 14.5. The largest absolute Gasteiger partial charge is 0.487 e.